The van der Waals surface area contributed by atoms with Crippen molar-refractivity contribution in [1.82, 2.24) is 9.88 Å². The van der Waals surface area contributed by atoms with Crippen LogP contribution >= 0.6 is 24.0 Å². The zero-order valence-corrected chi connectivity index (χ0v) is 12.3. The smallest absolute Gasteiger partial charge is 0.323 e. The summed E-state index contributed by atoms with van der Waals surface area (Å²) in [5.74, 6) is -1.44. The monoisotopic (exact) mass is 318 g/mol. The standard InChI is InChI=1S/C14H10N2O3S2/c17-12(18)7-16-13(19)11(21-14(16)20)6-8-1-2-10-9(5-8)3-4-15-10/h1-6,15H,7H2,(H,17,18)/b11-6-. The number of carboxylic acids is 1. The van der Waals surface area contributed by atoms with Crippen molar-refractivity contribution in [2.45, 2.75) is 0 Å². The van der Waals surface area contributed by atoms with Gasteiger partial charge in [0.1, 0.15) is 10.9 Å². The maximum Gasteiger partial charge on any atom is 0.323 e. The van der Waals surface area contributed by atoms with Crippen molar-refractivity contribution in [3.8, 4) is 0 Å². The largest absolute Gasteiger partial charge is 0.480 e. The minimum Gasteiger partial charge on any atom is -0.480 e. The molecule has 0 spiro atoms. The highest BCUT2D eigenvalue weighted by Gasteiger charge is 2.33. The maximum atomic E-state index is 12.1. The molecule has 1 aliphatic rings. The molecule has 21 heavy (non-hydrogen) atoms. The molecule has 1 aliphatic heterocycles. The number of aliphatic carboxylic acids is 1. The van der Waals surface area contributed by atoms with E-state index in [4.69, 9.17) is 17.3 Å². The average Bonchev–Trinajstić information content (AvgIpc) is 2.98. The lowest BCUT2D eigenvalue weighted by atomic mass is 10.1. The van der Waals surface area contributed by atoms with E-state index < -0.39 is 12.5 Å². The molecule has 7 heteroatoms. The average molecular weight is 318 g/mol. The van der Waals surface area contributed by atoms with Gasteiger partial charge in [0.05, 0.1) is 4.91 Å². The zero-order valence-electron chi connectivity index (χ0n) is 10.7. The van der Waals surface area contributed by atoms with Crippen molar-refractivity contribution in [3.05, 3.63) is 40.9 Å². The summed E-state index contributed by atoms with van der Waals surface area (Å²) >= 11 is 6.18. The van der Waals surface area contributed by atoms with Crippen LogP contribution in [0.2, 0.25) is 0 Å². The number of nitrogens with zero attached hydrogens (tertiary/aromatic N) is 1. The van der Waals surface area contributed by atoms with Gasteiger partial charge in [-0.15, -0.1) is 0 Å². The number of carbonyl (C=O) groups excluding carboxylic acids is 1. The number of fused-ring (bicyclic) bond motifs is 1. The lowest BCUT2D eigenvalue weighted by Crippen LogP contribution is -2.33. The molecule has 5 nitrogen and oxygen atoms in total. The molecule has 1 aromatic heterocycles. The van der Waals surface area contributed by atoms with Crippen molar-refractivity contribution in [1.29, 1.82) is 0 Å². The minimum atomic E-state index is -1.08. The molecule has 0 unspecified atom stereocenters. The first-order valence-corrected chi connectivity index (χ1v) is 7.31. The number of hydrogen-bond donors (Lipinski definition) is 2. The van der Waals surface area contributed by atoms with Gasteiger partial charge < -0.3 is 10.1 Å². The molecule has 2 aromatic rings. The number of nitrogens with one attached hydrogen (secondary N) is 1. The number of H-pyrrole nitrogens is 1. The quantitative estimate of drug-likeness (QED) is 0.672. The number of benzene rings is 1. The van der Waals surface area contributed by atoms with E-state index in [0.717, 1.165) is 33.1 Å². The number of amides is 1. The number of aromatic nitrogens is 1. The summed E-state index contributed by atoms with van der Waals surface area (Å²) in [5, 5.41) is 9.84. The molecule has 0 bridgehead atoms. The third-order valence-corrected chi connectivity index (χ3v) is 4.42. The first-order chi connectivity index (χ1) is 10.0. The van der Waals surface area contributed by atoms with Crippen LogP contribution < -0.4 is 0 Å². The molecule has 1 amide bonds. The Bertz CT molecular complexity index is 794. The molecule has 1 fully saturated rings. The first-order valence-electron chi connectivity index (χ1n) is 6.09. The number of aromatic amines is 1. The predicted octanol–water partition coefficient (Wildman–Crippen LogP) is 2.45. The number of thiocarbonyl (C=S) groups is 1. The van der Waals surface area contributed by atoms with Crippen LogP contribution in [0.15, 0.2) is 35.4 Å². The fourth-order valence-electron chi connectivity index (χ4n) is 2.08. The fourth-order valence-corrected chi connectivity index (χ4v) is 3.34. The maximum absolute atomic E-state index is 12.1. The van der Waals surface area contributed by atoms with E-state index in [-0.39, 0.29) is 10.2 Å². The Labute approximate surface area is 129 Å². The number of hydrogen-bond acceptors (Lipinski definition) is 4. The van der Waals surface area contributed by atoms with Crippen LogP contribution in [0, 0.1) is 0 Å². The summed E-state index contributed by atoms with van der Waals surface area (Å²) in [6.07, 6.45) is 3.58. The molecular formula is C14H10N2O3S2. The topological polar surface area (TPSA) is 73.4 Å². The molecule has 0 atom stereocenters. The second-order valence-corrected chi connectivity index (χ2v) is 6.16. The third kappa shape index (κ3) is 2.70. The highest BCUT2D eigenvalue weighted by molar-refractivity contribution is 8.26. The van der Waals surface area contributed by atoms with Gasteiger partial charge in [-0.25, -0.2) is 0 Å². The lowest BCUT2D eigenvalue weighted by molar-refractivity contribution is -0.140. The summed E-state index contributed by atoms with van der Waals surface area (Å²) in [6.45, 7) is -0.404. The SMILES string of the molecule is O=C(O)CN1C(=O)/C(=C/c2ccc3[nH]ccc3c2)SC1=S. The van der Waals surface area contributed by atoms with Crippen molar-refractivity contribution >= 4 is 57.2 Å². The van der Waals surface area contributed by atoms with Gasteiger partial charge in [-0.3, -0.25) is 14.5 Å². The van der Waals surface area contributed by atoms with Crippen molar-refractivity contribution in [3.63, 3.8) is 0 Å². The molecule has 3 rings (SSSR count). The number of thioether (sulfide) groups is 1. The van der Waals surface area contributed by atoms with Gasteiger partial charge in [-0.2, -0.15) is 0 Å². The Hall–Kier alpha value is -2.12. The predicted molar refractivity (Wildman–Crippen MR) is 85.8 cm³/mol. The van der Waals surface area contributed by atoms with Gasteiger partial charge in [0.25, 0.3) is 5.91 Å². The normalized spacial score (nSPS) is 17.1. The Kier molecular flexibility index (Phi) is 3.52. The van der Waals surface area contributed by atoms with Crippen LogP contribution in [-0.4, -0.2) is 37.7 Å². The van der Waals surface area contributed by atoms with Gasteiger partial charge in [0.15, 0.2) is 0 Å². The van der Waals surface area contributed by atoms with Crippen molar-refractivity contribution in [2.75, 3.05) is 6.54 Å². The number of carboxylic acid groups (broad SMARTS) is 1. The summed E-state index contributed by atoms with van der Waals surface area (Å²) in [4.78, 5) is 27.5. The van der Waals surface area contributed by atoms with Gasteiger partial charge in [-0.05, 0) is 35.2 Å². The van der Waals surface area contributed by atoms with E-state index in [1.807, 2.05) is 30.5 Å². The van der Waals surface area contributed by atoms with Gasteiger partial charge >= 0.3 is 5.97 Å². The van der Waals surface area contributed by atoms with Crippen LogP contribution in [0.25, 0.3) is 17.0 Å². The highest BCUT2D eigenvalue weighted by Crippen LogP contribution is 2.32. The van der Waals surface area contributed by atoms with Gasteiger partial charge in [-0.1, -0.05) is 30.0 Å². The van der Waals surface area contributed by atoms with E-state index in [2.05, 4.69) is 4.98 Å². The zero-order chi connectivity index (χ0) is 15.0. The van der Waals surface area contributed by atoms with Crippen molar-refractivity contribution < 1.29 is 14.7 Å². The Morgan fingerprint density at radius 3 is 3.00 bits per heavy atom. The Morgan fingerprint density at radius 1 is 1.43 bits per heavy atom. The van der Waals surface area contributed by atoms with Crippen LogP contribution in [-0.2, 0) is 9.59 Å². The van der Waals surface area contributed by atoms with E-state index in [1.54, 1.807) is 6.08 Å². The molecule has 2 heterocycles. The summed E-state index contributed by atoms with van der Waals surface area (Å²) in [7, 11) is 0. The molecule has 0 radical (unpaired) electrons. The highest BCUT2D eigenvalue weighted by atomic mass is 32.2. The summed E-state index contributed by atoms with van der Waals surface area (Å²) < 4.78 is 0.274. The minimum absolute atomic E-state index is 0.274. The molecular weight excluding hydrogens is 308 g/mol. The molecule has 1 aromatic carbocycles. The summed E-state index contributed by atoms with van der Waals surface area (Å²) in [5.41, 5.74) is 1.89. The second-order valence-electron chi connectivity index (χ2n) is 4.49. The van der Waals surface area contributed by atoms with Crippen LogP contribution in [0.1, 0.15) is 5.56 Å². The van der Waals surface area contributed by atoms with Crippen molar-refractivity contribution in [2.24, 2.45) is 0 Å². The van der Waals surface area contributed by atoms with Gasteiger partial charge in [0.2, 0.25) is 0 Å². The third-order valence-electron chi connectivity index (χ3n) is 3.04. The first kappa shape index (κ1) is 13.8. The van der Waals surface area contributed by atoms with E-state index in [9.17, 15) is 9.59 Å². The van der Waals surface area contributed by atoms with E-state index in [0.29, 0.717) is 4.91 Å². The Balaban J connectivity index is 1.90. The van der Waals surface area contributed by atoms with Crippen LogP contribution in [0.4, 0.5) is 0 Å². The number of carbonyl (C=O) groups is 2. The van der Waals surface area contributed by atoms with Gasteiger partial charge in [0, 0.05) is 11.7 Å². The summed E-state index contributed by atoms with van der Waals surface area (Å²) in [6, 6.07) is 7.72. The molecule has 106 valence electrons. The molecule has 0 saturated carbocycles. The lowest BCUT2D eigenvalue weighted by Gasteiger charge is -2.10. The Morgan fingerprint density at radius 2 is 2.24 bits per heavy atom. The van der Waals surface area contributed by atoms with E-state index >= 15 is 0 Å². The molecule has 1 saturated heterocycles. The number of rotatable bonds is 3. The van der Waals surface area contributed by atoms with Crippen LogP contribution in [0.3, 0.4) is 0 Å². The fraction of sp³-hybridized carbons (Fsp3) is 0.0714. The van der Waals surface area contributed by atoms with Crippen LogP contribution in [0.5, 0.6) is 0 Å². The van der Waals surface area contributed by atoms with E-state index in [1.165, 1.54) is 0 Å². The molecule has 2 N–H and O–H groups in total. The second kappa shape index (κ2) is 5.34. The molecule has 0 aliphatic carbocycles.